The van der Waals surface area contributed by atoms with Crippen LogP contribution in [0.2, 0.25) is 0 Å². The van der Waals surface area contributed by atoms with Crippen LogP contribution in [0.4, 0.5) is 4.39 Å². The lowest BCUT2D eigenvalue weighted by atomic mass is 10.0. The van der Waals surface area contributed by atoms with Gasteiger partial charge in [0.2, 0.25) is 5.89 Å². The molecular weight excluding hydrogens is 277 g/mol. The van der Waals surface area contributed by atoms with Gasteiger partial charge >= 0.3 is 0 Å². The number of amides is 1. The van der Waals surface area contributed by atoms with Crippen molar-refractivity contribution < 1.29 is 13.6 Å². The average Bonchev–Trinajstić information content (AvgIpc) is 3.10. The Hall–Kier alpha value is -2.22. The van der Waals surface area contributed by atoms with Crippen LogP contribution in [0, 0.1) is 0 Å². The summed E-state index contributed by atoms with van der Waals surface area (Å²) >= 11 is 0. The van der Waals surface area contributed by atoms with Crippen LogP contribution in [0.5, 0.6) is 0 Å². The van der Waals surface area contributed by atoms with Gasteiger partial charge in [0, 0.05) is 19.8 Å². The fourth-order valence-corrected chi connectivity index (χ4v) is 2.27. The monoisotopic (exact) mass is 293 g/mol. The Labute approximate surface area is 120 Å². The largest absolute Gasteiger partial charge is 0.444 e. The van der Waals surface area contributed by atoms with Gasteiger partial charge in [-0.25, -0.2) is 9.37 Å². The number of rotatable bonds is 3. The molecule has 1 saturated heterocycles. The number of nitrogens with zero attached hydrogens (tertiary/aromatic N) is 3. The lowest BCUT2D eigenvalue weighted by Gasteiger charge is -2.27. The second-order valence-corrected chi connectivity index (χ2v) is 5.03. The Morgan fingerprint density at radius 1 is 1.62 bits per heavy atom. The van der Waals surface area contributed by atoms with Gasteiger partial charge in [0.1, 0.15) is 12.4 Å². The van der Waals surface area contributed by atoms with Gasteiger partial charge in [0.05, 0.1) is 17.8 Å². The number of oxazole rings is 1. The highest BCUT2D eigenvalue weighted by molar-refractivity contribution is 5.92. The third-order valence-corrected chi connectivity index (χ3v) is 3.41. The molecule has 0 bridgehead atoms. The summed E-state index contributed by atoms with van der Waals surface area (Å²) in [5.74, 6) is -0.112. The summed E-state index contributed by atoms with van der Waals surface area (Å²) < 4.78 is 20.5. The predicted octanol–water partition coefficient (Wildman–Crippen LogP) is 0.505. The molecule has 2 atom stereocenters. The number of hydrogen-bond acceptors (Lipinski definition) is 5. The topological polar surface area (TPSA) is 85.0 Å². The molecule has 1 aliphatic heterocycles. The quantitative estimate of drug-likeness (QED) is 0.861. The number of carbonyl (C=O) groups excluding carboxylic acids is 1. The van der Waals surface area contributed by atoms with E-state index in [1.54, 1.807) is 24.1 Å². The fourth-order valence-electron chi connectivity index (χ4n) is 2.27. The van der Waals surface area contributed by atoms with E-state index in [2.05, 4.69) is 20.7 Å². The summed E-state index contributed by atoms with van der Waals surface area (Å²) in [4.78, 5) is 16.2. The van der Waals surface area contributed by atoms with Crippen molar-refractivity contribution in [1.29, 1.82) is 0 Å². The lowest BCUT2D eigenvalue weighted by molar-refractivity contribution is 0.0887. The third kappa shape index (κ3) is 2.94. The Balaban J connectivity index is 1.69. The Morgan fingerprint density at radius 3 is 3.19 bits per heavy atom. The van der Waals surface area contributed by atoms with Crippen LogP contribution in [0.3, 0.4) is 0 Å². The number of hydrogen-bond donors (Lipinski definition) is 2. The highest BCUT2D eigenvalue weighted by Gasteiger charge is 2.27. The molecule has 1 aliphatic rings. The van der Waals surface area contributed by atoms with E-state index in [0.717, 1.165) is 0 Å². The summed E-state index contributed by atoms with van der Waals surface area (Å²) in [5.41, 5.74) is 0.821. The summed E-state index contributed by atoms with van der Waals surface area (Å²) in [6.45, 7) is 0.940. The maximum atomic E-state index is 13.7. The SMILES string of the molecule is Cn1cc(-c2nc(C(=O)NC3CCNCC3F)co2)cn1. The second-order valence-electron chi connectivity index (χ2n) is 5.03. The smallest absolute Gasteiger partial charge is 0.273 e. The zero-order chi connectivity index (χ0) is 14.8. The molecule has 0 aliphatic carbocycles. The number of piperidine rings is 1. The first-order chi connectivity index (χ1) is 10.1. The zero-order valence-electron chi connectivity index (χ0n) is 11.5. The van der Waals surface area contributed by atoms with Crippen molar-refractivity contribution in [1.82, 2.24) is 25.4 Å². The van der Waals surface area contributed by atoms with Crippen molar-refractivity contribution in [3.63, 3.8) is 0 Å². The van der Waals surface area contributed by atoms with Gasteiger partial charge in [0.25, 0.3) is 5.91 Å². The highest BCUT2D eigenvalue weighted by Crippen LogP contribution is 2.17. The van der Waals surface area contributed by atoms with Crippen molar-refractivity contribution in [2.45, 2.75) is 18.6 Å². The molecule has 0 radical (unpaired) electrons. The first-order valence-corrected chi connectivity index (χ1v) is 6.73. The molecule has 0 aromatic carbocycles. The normalized spacial score (nSPS) is 22.2. The molecule has 8 heteroatoms. The first-order valence-electron chi connectivity index (χ1n) is 6.73. The molecule has 0 spiro atoms. The van der Waals surface area contributed by atoms with Crippen molar-refractivity contribution in [2.24, 2.45) is 7.05 Å². The molecule has 2 unspecified atom stereocenters. The van der Waals surface area contributed by atoms with Gasteiger partial charge < -0.3 is 15.1 Å². The predicted molar refractivity (Wildman–Crippen MR) is 72.3 cm³/mol. The highest BCUT2D eigenvalue weighted by atomic mass is 19.1. The van der Waals surface area contributed by atoms with Crippen LogP contribution in [0.1, 0.15) is 16.9 Å². The van der Waals surface area contributed by atoms with E-state index >= 15 is 0 Å². The number of halogens is 1. The van der Waals surface area contributed by atoms with E-state index < -0.39 is 18.1 Å². The van der Waals surface area contributed by atoms with Gasteiger partial charge in [-0.1, -0.05) is 0 Å². The fraction of sp³-hybridized carbons (Fsp3) is 0.462. The summed E-state index contributed by atoms with van der Waals surface area (Å²) in [6, 6.07) is -0.489. The van der Waals surface area contributed by atoms with E-state index in [1.807, 2.05) is 0 Å². The minimum Gasteiger partial charge on any atom is -0.444 e. The summed E-state index contributed by atoms with van der Waals surface area (Å²) in [5, 5.41) is 9.60. The van der Waals surface area contributed by atoms with Crippen LogP contribution in [-0.4, -0.2) is 46.0 Å². The summed E-state index contributed by atoms with van der Waals surface area (Å²) in [6.07, 6.45) is 4.06. The van der Waals surface area contributed by atoms with E-state index in [0.29, 0.717) is 24.4 Å². The van der Waals surface area contributed by atoms with E-state index in [9.17, 15) is 9.18 Å². The number of aromatic nitrogens is 3. The van der Waals surface area contributed by atoms with Crippen LogP contribution in [-0.2, 0) is 7.05 Å². The first kappa shape index (κ1) is 13.7. The van der Waals surface area contributed by atoms with Gasteiger partial charge in [-0.3, -0.25) is 9.48 Å². The summed E-state index contributed by atoms with van der Waals surface area (Å²) in [7, 11) is 1.78. The molecule has 21 heavy (non-hydrogen) atoms. The molecule has 3 rings (SSSR count). The Kier molecular flexibility index (Phi) is 3.70. The Morgan fingerprint density at radius 2 is 2.48 bits per heavy atom. The number of aryl methyl sites for hydroxylation is 1. The standard InChI is InChI=1S/C13H16FN5O2/c1-19-6-8(4-16-19)13-18-11(7-21-13)12(20)17-10-2-3-15-5-9(10)14/h4,6-7,9-10,15H,2-3,5H2,1H3,(H,17,20). The number of carbonyl (C=O) groups is 1. The van der Waals surface area contributed by atoms with Crippen molar-refractivity contribution in [2.75, 3.05) is 13.1 Å². The Bertz CT molecular complexity index is 638. The molecule has 2 aromatic heterocycles. The molecule has 2 N–H and O–H groups in total. The van der Waals surface area contributed by atoms with Gasteiger partial charge in [-0.2, -0.15) is 5.10 Å². The molecule has 1 fully saturated rings. The van der Waals surface area contributed by atoms with Gasteiger partial charge in [-0.05, 0) is 13.0 Å². The van der Waals surface area contributed by atoms with E-state index in [4.69, 9.17) is 4.42 Å². The third-order valence-electron chi connectivity index (χ3n) is 3.41. The maximum absolute atomic E-state index is 13.7. The number of nitrogens with one attached hydrogen (secondary N) is 2. The van der Waals surface area contributed by atoms with E-state index in [-0.39, 0.29) is 12.2 Å². The van der Waals surface area contributed by atoms with Crippen LogP contribution < -0.4 is 10.6 Å². The van der Waals surface area contributed by atoms with Crippen molar-refractivity contribution in [3.05, 3.63) is 24.4 Å². The molecule has 112 valence electrons. The van der Waals surface area contributed by atoms with Crippen LogP contribution in [0.15, 0.2) is 23.1 Å². The maximum Gasteiger partial charge on any atom is 0.273 e. The minimum absolute atomic E-state index is 0.139. The van der Waals surface area contributed by atoms with Crippen LogP contribution in [0.25, 0.3) is 11.5 Å². The number of alkyl halides is 1. The van der Waals surface area contributed by atoms with Gasteiger partial charge in [0.15, 0.2) is 5.69 Å². The molecular formula is C13H16FN5O2. The second kappa shape index (κ2) is 5.65. The van der Waals surface area contributed by atoms with Crippen molar-refractivity contribution >= 4 is 5.91 Å². The van der Waals surface area contributed by atoms with Crippen LogP contribution >= 0.6 is 0 Å². The van der Waals surface area contributed by atoms with Crippen molar-refractivity contribution in [3.8, 4) is 11.5 Å². The molecule has 7 nitrogen and oxygen atoms in total. The van der Waals surface area contributed by atoms with Gasteiger partial charge in [-0.15, -0.1) is 0 Å². The average molecular weight is 293 g/mol. The van der Waals surface area contributed by atoms with E-state index in [1.165, 1.54) is 6.26 Å². The lowest BCUT2D eigenvalue weighted by Crippen LogP contribution is -2.50. The minimum atomic E-state index is -1.09. The molecule has 2 aromatic rings. The molecule has 3 heterocycles. The molecule has 0 saturated carbocycles. The zero-order valence-corrected chi connectivity index (χ0v) is 11.5. The molecule has 1 amide bonds.